The number of rotatable bonds is 6. The van der Waals surface area contributed by atoms with E-state index in [1.165, 1.54) is 22.3 Å². The molecule has 0 saturated heterocycles. The minimum absolute atomic E-state index is 0. The molecule has 0 unspecified atom stereocenters. The third-order valence-electron chi connectivity index (χ3n) is 8.02. The molecule has 6 nitrogen and oxygen atoms in total. The van der Waals surface area contributed by atoms with Gasteiger partial charge in [-0.25, -0.2) is 4.98 Å². The largest absolute Gasteiger partial charge is 2.00 e. The van der Waals surface area contributed by atoms with Gasteiger partial charge >= 0.3 is 21.1 Å². The Hall–Kier alpha value is -4.98. The number of aromatic nitrogens is 4. The van der Waals surface area contributed by atoms with Crippen molar-refractivity contribution in [2.75, 3.05) is 0 Å². The number of aryl methyl sites for hydroxylation is 2. The first-order valence-corrected chi connectivity index (χ1v) is 14.6. The molecule has 0 aliphatic rings. The molecule has 0 spiro atoms. The Morgan fingerprint density at radius 1 is 0.867 bits per heavy atom. The van der Waals surface area contributed by atoms with E-state index >= 15 is 0 Å². The van der Waals surface area contributed by atoms with Gasteiger partial charge in [0.2, 0.25) is 0 Å². The SMILES string of the molecule is Cc1cccc(C)c1-c1cnn(-c2[c-]c(Oc3[c-]c4c(cc3)c3ccc(C#N)cc3n4-c3cc(C(C)C)ccn3)ccc2)c1.[Pt+2]. The summed E-state index contributed by atoms with van der Waals surface area (Å²) in [5.74, 6) is 2.21. The maximum atomic E-state index is 9.63. The van der Waals surface area contributed by atoms with Crippen molar-refractivity contribution in [1.29, 1.82) is 5.26 Å². The molecule has 7 aromatic rings. The maximum absolute atomic E-state index is 9.63. The first-order chi connectivity index (χ1) is 21.4. The van der Waals surface area contributed by atoms with Gasteiger partial charge in [0.25, 0.3) is 0 Å². The summed E-state index contributed by atoms with van der Waals surface area (Å²) in [6, 6.07) is 35.0. The Bertz CT molecular complexity index is 2220. The van der Waals surface area contributed by atoms with Gasteiger partial charge in [-0.3, -0.25) is 4.68 Å². The van der Waals surface area contributed by atoms with Gasteiger partial charge in [-0.15, -0.1) is 35.7 Å². The van der Waals surface area contributed by atoms with Crippen molar-refractivity contribution < 1.29 is 25.8 Å². The Labute approximate surface area is 276 Å². The number of hydrogen-bond donors (Lipinski definition) is 0. The van der Waals surface area contributed by atoms with E-state index in [4.69, 9.17) is 9.72 Å². The van der Waals surface area contributed by atoms with Crippen LogP contribution in [0.2, 0.25) is 0 Å². The number of nitriles is 1. The predicted molar refractivity (Wildman–Crippen MR) is 174 cm³/mol. The Balaban J connectivity index is 0.00000357. The third kappa shape index (κ3) is 5.57. The molecule has 0 amide bonds. The molecule has 7 heteroatoms. The second-order valence-electron chi connectivity index (χ2n) is 11.3. The molecule has 0 aliphatic carbocycles. The molecular formula is C38H29N5OPt. The molecule has 0 bridgehead atoms. The van der Waals surface area contributed by atoms with Crippen LogP contribution in [0.25, 0.3) is 44.4 Å². The number of ether oxygens (including phenoxy) is 1. The van der Waals surface area contributed by atoms with Gasteiger partial charge in [-0.05, 0) is 77.4 Å². The quantitative estimate of drug-likeness (QED) is 0.159. The van der Waals surface area contributed by atoms with Crippen LogP contribution in [0.3, 0.4) is 0 Å². The van der Waals surface area contributed by atoms with E-state index in [0.717, 1.165) is 38.9 Å². The van der Waals surface area contributed by atoms with Crippen LogP contribution in [0.4, 0.5) is 0 Å². The van der Waals surface area contributed by atoms with E-state index < -0.39 is 0 Å². The Kier molecular flexibility index (Phi) is 8.14. The molecule has 3 aromatic heterocycles. The van der Waals surface area contributed by atoms with Gasteiger partial charge in [0, 0.05) is 35.0 Å². The summed E-state index contributed by atoms with van der Waals surface area (Å²) in [6.45, 7) is 8.56. The van der Waals surface area contributed by atoms with Crippen molar-refractivity contribution >= 4 is 21.8 Å². The van der Waals surface area contributed by atoms with Crippen LogP contribution in [0.15, 0.2) is 97.5 Å². The van der Waals surface area contributed by atoms with Crippen LogP contribution < -0.4 is 4.74 Å². The van der Waals surface area contributed by atoms with Gasteiger partial charge in [0.1, 0.15) is 5.82 Å². The van der Waals surface area contributed by atoms with Crippen molar-refractivity contribution in [1.82, 2.24) is 19.3 Å². The monoisotopic (exact) mass is 766 g/mol. The van der Waals surface area contributed by atoms with Crippen molar-refractivity contribution in [3.05, 3.63) is 132 Å². The standard InChI is InChI=1S/C38H29N5O.Pt/c1-24(2)28-15-16-40-37(18-28)43-35-17-27(21-39)11-13-33(35)34-14-12-32(20-36(34)43)44-31-10-6-9-30(19-31)42-23-29(22-41-42)38-25(3)7-5-8-26(38)4;/h5-18,22-24H,1-4H3;/q-2;+2. The molecule has 3 heterocycles. The number of pyridine rings is 1. The number of benzene rings is 4. The summed E-state index contributed by atoms with van der Waals surface area (Å²) < 4.78 is 10.2. The average molecular weight is 767 g/mol. The van der Waals surface area contributed by atoms with Gasteiger partial charge in [0.15, 0.2) is 0 Å². The van der Waals surface area contributed by atoms with Crippen LogP contribution in [0.1, 0.15) is 42.0 Å². The second kappa shape index (κ2) is 12.2. The summed E-state index contributed by atoms with van der Waals surface area (Å²) >= 11 is 0. The summed E-state index contributed by atoms with van der Waals surface area (Å²) in [5, 5.41) is 16.3. The van der Waals surface area contributed by atoms with Crippen LogP contribution in [0.5, 0.6) is 11.5 Å². The topological polar surface area (TPSA) is 68.7 Å². The van der Waals surface area contributed by atoms with Gasteiger partial charge in [-0.2, -0.15) is 22.5 Å². The summed E-state index contributed by atoms with van der Waals surface area (Å²) in [7, 11) is 0. The predicted octanol–water partition coefficient (Wildman–Crippen LogP) is 9.03. The zero-order valence-corrected chi connectivity index (χ0v) is 27.5. The van der Waals surface area contributed by atoms with E-state index in [2.05, 4.69) is 79.8 Å². The molecule has 0 saturated carbocycles. The first-order valence-electron chi connectivity index (χ1n) is 14.6. The van der Waals surface area contributed by atoms with Gasteiger partial charge < -0.3 is 9.30 Å². The van der Waals surface area contributed by atoms with E-state index in [9.17, 15) is 5.26 Å². The minimum atomic E-state index is 0. The van der Waals surface area contributed by atoms with Crippen LogP contribution >= 0.6 is 0 Å². The van der Waals surface area contributed by atoms with Crippen LogP contribution in [0, 0.1) is 37.3 Å². The molecule has 45 heavy (non-hydrogen) atoms. The van der Waals surface area contributed by atoms with Crippen molar-refractivity contribution in [3.63, 3.8) is 0 Å². The number of nitrogens with zero attached hydrogens (tertiary/aromatic N) is 5. The fraction of sp³-hybridized carbons (Fsp3) is 0.132. The zero-order valence-electron chi connectivity index (χ0n) is 25.3. The van der Waals surface area contributed by atoms with Gasteiger partial charge in [0.05, 0.1) is 17.8 Å². The summed E-state index contributed by atoms with van der Waals surface area (Å²) in [4.78, 5) is 4.72. The smallest absolute Gasteiger partial charge is 0.509 e. The molecule has 222 valence electrons. The third-order valence-corrected chi connectivity index (χ3v) is 8.02. The normalized spacial score (nSPS) is 11.1. The maximum Gasteiger partial charge on any atom is 2.00 e. The fourth-order valence-corrected chi connectivity index (χ4v) is 5.81. The fourth-order valence-electron chi connectivity index (χ4n) is 5.81. The van der Waals surface area contributed by atoms with Crippen LogP contribution in [-0.4, -0.2) is 19.3 Å². The van der Waals surface area contributed by atoms with Crippen molar-refractivity contribution in [2.45, 2.75) is 33.6 Å². The Morgan fingerprint density at radius 3 is 2.40 bits per heavy atom. The van der Waals surface area contributed by atoms with E-state index in [0.29, 0.717) is 23.0 Å². The zero-order chi connectivity index (χ0) is 30.4. The van der Waals surface area contributed by atoms with E-state index in [1.807, 2.05) is 77.9 Å². The van der Waals surface area contributed by atoms with Gasteiger partial charge in [-0.1, -0.05) is 43.6 Å². The first kappa shape index (κ1) is 30.1. The molecule has 0 aliphatic heterocycles. The molecule has 0 atom stereocenters. The van der Waals surface area contributed by atoms with Crippen molar-refractivity contribution in [2.24, 2.45) is 0 Å². The summed E-state index contributed by atoms with van der Waals surface area (Å²) in [6.07, 6.45) is 5.74. The van der Waals surface area contributed by atoms with E-state index in [-0.39, 0.29) is 21.1 Å². The minimum Gasteiger partial charge on any atom is -0.509 e. The van der Waals surface area contributed by atoms with Crippen molar-refractivity contribution in [3.8, 4) is 40.2 Å². The second-order valence-corrected chi connectivity index (χ2v) is 11.3. The Morgan fingerprint density at radius 2 is 1.62 bits per heavy atom. The molecule has 4 aromatic carbocycles. The molecule has 0 N–H and O–H groups in total. The number of hydrogen-bond acceptors (Lipinski definition) is 4. The molecule has 0 fully saturated rings. The van der Waals surface area contributed by atoms with E-state index in [1.54, 1.807) is 0 Å². The average Bonchev–Trinajstić information content (AvgIpc) is 3.64. The molecular weight excluding hydrogens is 738 g/mol. The summed E-state index contributed by atoms with van der Waals surface area (Å²) in [5.41, 5.74) is 8.93. The molecule has 7 rings (SSSR count). The number of fused-ring (bicyclic) bond motifs is 3. The molecule has 0 radical (unpaired) electrons. The van der Waals surface area contributed by atoms with Crippen LogP contribution in [-0.2, 0) is 21.1 Å².